The van der Waals surface area contributed by atoms with Crippen molar-refractivity contribution in [2.45, 2.75) is 37.6 Å². The van der Waals surface area contributed by atoms with E-state index in [0.29, 0.717) is 17.9 Å². The van der Waals surface area contributed by atoms with E-state index in [1.54, 1.807) is 25.1 Å². The minimum atomic E-state index is -1.09. The summed E-state index contributed by atoms with van der Waals surface area (Å²) in [5.74, 6) is -0.613. The highest BCUT2D eigenvalue weighted by Gasteiger charge is 2.50. The Bertz CT molecular complexity index is 1000. The van der Waals surface area contributed by atoms with E-state index in [1.807, 2.05) is 18.2 Å². The van der Waals surface area contributed by atoms with E-state index in [4.69, 9.17) is 19.0 Å². The molecule has 2 amide bonds. The molecule has 2 aliphatic rings. The number of nitrogens with zero attached hydrogens (tertiary/aromatic N) is 1. The van der Waals surface area contributed by atoms with Gasteiger partial charge in [-0.2, -0.15) is 0 Å². The Hall–Kier alpha value is -3.14. The van der Waals surface area contributed by atoms with E-state index in [0.717, 1.165) is 11.1 Å². The highest BCUT2D eigenvalue weighted by molar-refractivity contribution is 5.96. The predicted molar refractivity (Wildman–Crippen MR) is 117 cm³/mol. The Morgan fingerprint density at radius 1 is 1.24 bits per heavy atom. The van der Waals surface area contributed by atoms with E-state index in [-0.39, 0.29) is 38.1 Å². The van der Waals surface area contributed by atoms with Crippen LogP contribution in [0.25, 0.3) is 0 Å². The Kier molecular flexibility index (Phi) is 7.12. The minimum absolute atomic E-state index is 0.0886. The van der Waals surface area contributed by atoms with Gasteiger partial charge in [-0.15, -0.1) is 0 Å². The van der Waals surface area contributed by atoms with Crippen LogP contribution in [-0.2, 0) is 20.9 Å². The van der Waals surface area contributed by atoms with Crippen molar-refractivity contribution in [1.82, 2.24) is 10.2 Å². The molecule has 0 unspecified atom stereocenters. The van der Waals surface area contributed by atoms with Gasteiger partial charge in [0.2, 0.25) is 11.8 Å². The molecule has 1 aromatic carbocycles. The van der Waals surface area contributed by atoms with Gasteiger partial charge in [0.15, 0.2) is 0 Å². The maximum atomic E-state index is 13.1. The van der Waals surface area contributed by atoms with Crippen molar-refractivity contribution in [3.63, 3.8) is 0 Å². The van der Waals surface area contributed by atoms with Crippen LogP contribution in [0.5, 0.6) is 5.75 Å². The third-order valence-corrected chi connectivity index (χ3v) is 5.92. The second-order valence-corrected chi connectivity index (χ2v) is 7.97. The number of carbonyl (C=O) groups excluding carboxylic acids is 2. The van der Waals surface area contributed by atoms with Gasteiger partial charge in [0.05, 0.1) is 31.1 Å². The van der Waals surface area contributed by atoms with Gasteiger partial charge in [0.25, 0.3) is 0 Å². The first-order valence-corrected chi connectivity index (χ1v) is 11.0. The molecule has 0 bridgehead atoms. The molecule has 4 rings (SSSR count). The van der Waals surface area contributed by atoms with Crippen molar-refractivity contribution < 1.29 is 33.7 Å². The molecule has 0 fully saturated rings. The van der Waals surface area contributed by atoms with Crippen molar-refractivity contribution in [3.05, 3.63) is 65.6 Å². The predicted octanol–water partition coefficient (Wildman–Crippen LogP) is 0.967. The van der Waals surface area contributed by atoms with Crippen molar-refractivity contribution >= 4 is 11.8 Å². The number of ether oxygens (including phenoxy) is 2. The van der Waals surface area contributed by atoms with Gasteiger partial charge in [0, 0.05) is 36.4 Å². The summed E-state index contributed by atoms with van der Waals surface area (Å²) in [6, 6.07) is 8.23. The molecule has 2 aromatic rings. The molecule has 2 heterocycles. The lowest BCUT2D eigenvalue weighted by Gasteiger charge is -2.40. The van der Waals surface area contributed by atoms with Crippen LogP contribution in [0.15, 0.2) is 58.9 Å². The normalized spacial score (nSPS) is 23.2. The SMILES string of the molecule is CCOCC(=O)N(Cc1ccoc1)[C@@H]1C=C(C(=O)NCCO)[C@@H]2c3ccccc3O[C@@H]2[C@H]1O. The van der Waals surface area contributed by atoms with Crippen molar-refractivity contribution in [2.24, 2.45) is 0 Å². The Morgan fingerprint density at radius 3 is 2.79 bits per heavy atom. The molecule has 0 spiro atoms. The van der Waals surface area contributed by atoms with Crippen LogP contribution < -0.4 is 10.1 Å². The number of nitrogens with one attached hydrogen (secondary N) is 1. The molecule has 0 saturated heterocycles. The fourth-order valence-electron chi connectivity index (χ4n) is 4.40. The van der Waals surface area contributed by atoms with Gasteiger partial charge < -0.3 is 34.3 Å². The summed E-state index contributed by atoms with van der Waals surface area (Å²) in [5.41, 5.74) is 1.92. The van der Waals surface area contributed by atoms with Crippen LogP contribution in [0.4, 0.5) is 0 Å². The summed E-state index contributed by atoms with van der Waals surface area (Å²) in [4.78, 5) is 27.6. The van der Waals surface area contributed by atoms with Gasteiger partial charge >= 0.3 is 0 Å². The molecule has 33 heavy (non-hydrogen) atoms. The molecule has 9 heteroatoms. The standard InChI is InChI=1S/C24H28N2O7/c1-2-31-14-20(28)26(12-15-7-10-32-13-15)18-11-17(24(30)25-8-9-27)21-16-5-3-4-6-19(16)33-23(21)22(18)29/h3-7,10-11,13,18,21-23,27,29H,2,8-9,12,14H2,1H3,(H,25,30)/t18-,21+,22+,23+/m1/s1. The molecule has 3 N–H and O–H groups in total. The van der Waals surface area contributed by atoms with E-state index in [9.17, 15) is 14.7 Å². The molecule has 0 radical (unpaired) electrons. The summed E-state index contributed by atoms with van der Waals surface area (Å²) in [5, 5.41) is 23.2. The first-order chi connectivity index (χ1) is 16.0. The maximum absolute atomic E-state index is 13.1. The molecule has 1 aliphatic heterocycles. The zero-order valence-corrected chi connectivity index (χ0v) is 18.3. The molecule has 1 aliphatic carbocycles. The lowest BCUT2D eigenvalue weighted by Crippen LogP contribution is -2.56. The second-order valence-electron chi connectivity index (χ2n) is 7.97. The molecule has 4 atom stereocenters. The molecular formula is C24H28N2O7. The van der Waals surface area contributed by atoms with Crippen LogP contribution in [0, 0.1) is 0 Å². The summed E-state index contributed by atoms with van der Waals surface area (Å²) in [7, 11) is 0. The van der Waals surface area contributed by atoms with E-state index < -0.39 is 24.2 Å². The number of hydrogen-bond acceptors (Lipinski definition) is 7. The average molecular weight is 456 g/mol. The third kappa shape index (κ3) is 4.66. The number of rotatable bonds is 9. The number of aliphatic hydroxyl groups is 2. The number of furan rings is 1. The van der Waals surface area contributed by atoms with Crippen LogP contribution >= 0.6 is 0 Å². The van der Waals surface area contributed by atoms with E-state index in [2.05, 4.69) is 5.32 Å². The van der Waals surface area contributed by atoms with Crippen molar-refractivity contribution in [1.29, 1.82) is 0 Å². The van der Waals surface area contributed by atoms with Crippen LogP contribution in [0.1, 0.15) is 24.0 Å². The number of hydrogen-bond donors (Lipinski definition) is 3. The number of para-hydroxylation sites is 1. The lowest BCUT2D eigenvalue weighted by atomic mass is 9.77. The molecule has 0 saturated carbocycles. The van der Waals surface area contributed by atoms with Crippen LogP contribution in [0.2, 0.25) is 0 Å². The van der Waals surface area contributed by atoms with Crippen molar-refractivity contribution in [2.75, 3.05) is 26.4 Å². The smallest absolute Gasteiger partial charge is 0.249 e. The maximum Gasteiger partial charge on any atom is 0.249 e. The van der Waals surface area contributed by atoms with Gasteiger partial charge in [-0.1, -0.05) is 18.2 Å². The van der Waals surface area contributed by atoms with Crippen LogP contribution in [-0.4, -0.2) is 71.5 Å². The largest absolute Gasteiger partial charge is 0.486 e. The van der Waals surface area contributed by atoms with E-state index in [1.165, 1.54) is 17.4 Å². The number of benzene rings is 1. The number of carbonyl (C=O) groups is 2. The Balaban J connectivity index is 1.73. The Labute approximate surface area is 191 Å². The topological polar surface area (TPSA) is 121 Å². The van der Waals surface area contributed by atoms with Crippen molar-refractivity contribution in [3.8, 4) is 5.75 Å². The monoisotopic (exact) mass is 456 g/mol. The molecule has 176 valence electrons. The summed E-state index contributed by atoms with van der Waals surface area (Å²) >= 11 is 0. The summed E-state index contributed by atoms with van der Waals surface area (Å²) in [6.07, 6.45) is 2.83. The number of amides is 2. The van der Waals surface area contributed by atoms with E-state index >= 15 is 0 Å². The van der Waals surface area contributed by atoms with Gasteiger partial charge in [-0.05, 0) is 25.1 Å². The molecule has 9 nitrogen and oxygen atoms in total. The van der Waals surface area contributed by atoms with Gasteiger partial charge in [0.1, 0.15) is 24.6 Å². The third-order valence-electron chi connectivity index (χ3n) is 5.92. The molecule has 1 aromatic heterocycles. The molecular weight excluding hydrogens is 428 g/mol. The van der Waals surface area contributed by atoms with Gasteiger partial charge in [-0.3, -0.25) is 9.59 Å². The zero-order chi connectivity index (χ0) is 23.4. The summed E-state index contributed by atoms with van der Waals surface area (Å²) < 4.78 is 16.6. The lowest BCUT2D eigenvalue weighted by molar-refractivity contribution is -0.142. The number of aliphatic hydroxyl groups excluding tert-OH is 2. The highest BCUT2D eigenvalue weighted by Crippen LogP contribution is 2.47. The quantitative estimate of drug-likeness (QED) is 0.514. The first kappa shape index (κ1) is 23.0. The summed E-state index contributed by atoms with van der Waals surface area (Å²) in [6.45, 7) is 2.05. The highest BCUT2D eigenvalue weighted by atomic mass is 16.5. The average Bonchev–Trinajstić information content (AvgIpc) is 3.48. The second kappa shape index (κ2) is 10.2. The fourth-order valence-corrected chi connectivity index (χ4v) is 4.40. The zero-order valence-electron chi connectivity index (χ0n) is 18.3. The number of fused-ring (bicyclic) bond motifs is 3. The fraction of sp³-hybridized carbons (Fsp3) is 0.417. The van der Waals surface area contributed by atoms with Crippen LogP contribution in [0.3, 0.4) is 0 Å². The Morgan fingerprint density at radius 2 is 2.06 bits per heavy atom. The minimum Gasteiger partial charge on any atom is -0.486 e. The first-order valence-electron chi connectivity index (χ1n) is 11.0. The van der Waals surface area contributed by atoms with Gasteiger partial charge in [-0.25, -0.2) is 0 Å².